The zero-order valence-corrected chi connectivity index (χ0v) is 21.4. The number of amidine groups is 1. The van der Waals surface area contributed by atoms with Crippen molar-refractivity contribution < 1.29 is 22.6 Å². The quantitative estimate of drug-likeness (QED) is 0.173. The molecule has 1 aliphatic heterocycles. The van der Waals surface area contributed by atoms with Crippen molar-refractivity contribution >= 4 is 29.1 Å². The minimum Gasteiger partial charge on any atom is -0.406 e. The van der Waals surface area contributed by atoms with Crippen molar-refractivity contribution in [3.8, 4) is 11.9 Å². The van der Waals surface area contributed by atoms with Crippen molar-refractivity contribution in [3.63, 3.8) is 0 Å². The molecule has 1 fully saturated rings. The van der Waals surface area contributed by atoms with Gasteiger partial charge in [0, 0.05) is 18.8 Å². The van der Waals surface area contributed by atoms with Crippen molar-refractivity contribution in [2.24, 2.45) is 4.99 Å². The second-order valence-corrected chi connectivity index (χ2v) is 8.81. The van der Waals surface area contributed by atoms with E-state index in [1.807, 2.05) is 36.2 Å². The van der Waals surface area contributed by atoms with E-state index in [0.29, 0.717) is 54.9 Å². The van der Waals surface area contributed by atoms with Crippen LogP contribution in [0, 0.1) is 18.4 Å². The van der Waals surface area contributed by atoms with Gasteiger partial charge in [-0.1, -0.05) is 18.2 Å². The SMILES string of the molecule is CC(=Nc1cccc(Nc2ncnc(N3CCC(OCc4cccc(OC(F)(F)F)c4)CC3)n2)c1C)NC#N. The number of aromatic nitrogens is 3. The fraction of sp³-hybridized carbons (Fsp3) is 0.346. The molecule has 2 N–H and O–H groups in total. The highest BCUT2D eigenvalue weighted by atomic mass is 19.4. The lowest BCUT2D eigenvalue weighted by Gasteiger charge is -2.32. The van der Waals surface area contributed by atoms with Gasteiger partial charge in [0.2, 0.25) is 11.9 Å². The predicted molar refractivity (Wildman–Crippen MR) is 139 cm³/mol. The summed E-state index contributed by atoms with van der Waals surface area (Å²) in [5.74, 6) is 1.13. The van der Waals surface area contributed by atoms with E-state index in [-0.39, 0.29) is 18.5 Å². The van der Waals surface area contributed by atoms with Crippen molar-refractivity contribution in [1.82, 2.24) is 20.3 Å². The van der Waals surface area contributed by atoms with Gasteiger partial charge in [0.1, 0.15) is 17.9 Å². The summed E-state index contributed by atoms with van der Waals surface area (Å²) in [7, 11) is 0. The Kier molecular flexibility index (Phi) is 8.77. The van der Waals surface area contributed by atoms with Gasteiger partial charge in [0.15, 0.2) is 6.19 Å². The van der Waals surface area contributed by atoms with Gasteiger partial charge in [-0.25, -0.2) is 15.0 Å². The van der Waals surface area contributed by atoms with Crippen molar-refractivity contribution in [3.05, 3.63) is 59.9 Å². The number of aliphatic imine (C=N–C) groups is 1. The number of benzene rings is 2. The number of nitriles is 1. The molecular formula is C26H27F3N8O2. The summed E-state index contributed by atoms with van der Waals surface area (Å²) in [6.45, 7) is 5.11. The molecule has 1 aliphatic rings. The Morgan fingerprint density at radius 3 is 2.69 bits per heavy atom. The Hall–Kier alpha value is -4.44. The normalized spacial score (nSPS) is 14.6. The Labute approximate surface area is 223 Å². The lowest BCUT2D eigenvalue weighted by Crippen LogP contribution is -2.38. The number of alkyl halides is 3. The predicted octanol–water partition coefficient (Wildman–Crippen LogP) is 5.13. The first-order valence-corrected chi connectivity index (χ1v) is 12.2. The van der Waals surface area contributed by atoms with E-state index in [1.165, 1.54) is 24.5 Å². The second kappa shape index (κ2) is 12.4. The second-order valence-electron chi connectivity index (χ2n) is 8.81. The molecule has 3 aromatic rings. The van der Waals surface area contributed by atoms with Crippen LogP contribution in [-0.2, 0) is 11.3 Å². The maximum absolute atomic E-state index is 12.5. The number of piperidine rings is 1. The first-order valence-electron chi connectivity index (χ1n) is 12.2. The van der Waals surface area contributed by atoms with E-state index in [9.17, 15) is 13.2 Å². The standard InChI is InChI=1S/C26H27F3N8O2/c1-17-22(34-18(2)31-15-30)7-4-8-23(17)35-24-32-16-33-25(36-24)37-11-9-20(10-12-37)38-14-19-5-3-6-21(13-19)39-26(27,28)29/h3-8,13,16,20H,9-12,14H2,1-2H3,(H,31,34)(H,32,33,35,36). The van der Waals surface area contributed by atoms with Crippen LogP contribution in [0.1, 0.15) is 30.9 Å². The van der Waals surface area contributed by atoms with E-state index in [0.717, 1.165) is 11.3 Å². The summed E-state index contributed by atoms with van der Waals surface area (Å²) in [6, 6.07) is 11.4. The number of ether oxygens (including phenoxy) is 2. The van der Waals surface area contributed by atoms with Gasteiger partial charge in [0.25, 0.3) is 0 Å². The van der Waals surface area contributed by atoms with Crippen molar-refractivity contribution in [2.75, 3.05) is 23.3 Å². The molecule has 1 aromatic heterocycles. The van der Waals surface area contributed by atoms with Gasteiger partial charge in [-0.15, -0.1) is 13.2 Å². The lowest BCUT2D eigenvalue weighted by atomic mass is 10.1. The Morgan fingerprint density at radius 1 is 1.18 bits per heavy atom. The molecule has 2 aromatic carbocycles. The third-order valence-electron chi connectivity index (χ3n) is 5.98. The number of rotatable bonds is 8. The van der Waals surface area contributed by atoms with Gasteiger partial charge >= 0.3 is 6.36 Å². The molecule has 0 spiro atoms. The zero-order valence-electron chi connectivity index (χ0n) is 21.4. The van der Waals surface area contributed by atoms with Gasteiger partial charge in [-0.3, -0.25) is 5.32 Å². The summed E-state index contributed by atoms with van der Waals surface area (Å²) >= 11 is 0. The smallest absolute Gasteiger partial charge is 0.406 e. The molecule has 0 unspecified atom stereocenters. The molecule has 0 saturated carbocycles. The highest BCUT2D eigenvalue weighted by Gasteiger charge is 2.31. The summed E-state index contributed by atoms with van der Waals surface area (Å²) in [6.07, 6.45) is -0.0586. The Bertz CT molecular complexity index is 1350. The molecule has 0 atom stereocenters. The van der Waals surface area contributed by atoms with Crippen LogP contribution in [-0.4, -0.2) is 46.3 Å². The van der Waals surface area contributed by atoms with Crippen LogP contribution < -0.4 is 20.3 Å². The van der Waals surface area contributed by atoms with Crippen LogP contribution in [0.4, 0.5) is 36.4 Å². The highest BCUT2D eigenvalue weighted by molar-refractivity contribution is 5.84. The minimum atomic E-state index is -4.73. The minimum absolute atomic E-state index is 0.0437. The molecule has 4 rings (SSSR count). The van der Waals surface area contributed by atoms with Crippen molar-refractivity contribution in [1.29, 1.82) is 5.26 Å². The van der Waals surface area contributed by atoms with E-state index in [2.05, 4.69) is 35.3 Å². The number of hydrogen-bond donors (Lipinski definition) is 2. The monoisotopic (exact) mass is 540 g/mol. The summed E-state index contributed by atoms with van der Waals surface area (Å²) in [5.41, 5.74) is 2.95. The van der Waals surface area contributed by atoms with Crippen LogP contribution in [0.5, 0.6) is 5.75 Å². The van der Waals surface area contributed by atoms with Crippen molar-refractivity contribution in [2.45, 2.75) is 45.8 Å². The molecule has 2 heterocycles. The molecule has 0 radical (unpaired) electrons. The van der Waals surface area contributed by atoms with Crippen LogP contribution >= 0.6 is 0 Å². The summed E-state index contributed by atoms with van der Waals surface area (Å²) < 4.78 is 47.3. The first-order chi connectivity index (χ1) is 18.7. The van der Waals surface area contributed by atoms with Crippen LogP contribution in [0.15, 0.2) is 53.8 Å². The molecule has 0 amide bonds. The molecule has 1 saturated heterocycles. The first kappa shape index (κ1) is 27.6. The molecule has 0 bridgehead atoms. The molecule has 39 heavy (non-hydrogen) atoms. The number of halogens is 3. The topological polar surface area (TPSA) is 121 Å². The average Bonchev–Trinajstić information content (AvgIpc) is 2.90. The van der Waals surface area contributed by atoms with Gasteiger partial charge in [-0.05, 0) is 62.1 Å². The van der Waals surface area contributed by atoms with E-state index >= 15 is 0 Å². The molecular weight excluding hydrogens is 513 g/mol. The average molecular weight is 541 g/mol. The number of nitrogens with zero attached hydrogens (tertiary/aromatic N) is 6. The van der Waals surface area contributed by atoms with Gasteiger partial charge < -0.3 is 19.7 Å². The molecule has 0 aliphatic carbocycles. The van der Waals surface area contributed by atoms with Crippen LogP contribution in [0.2, 0.25) is 0 Å². The van der Waals surface area contributed by atoms with E-state index in [4.69, 9.17) is 10.00 Å². The maximum Gasteiger partial charge on any atom is 0.573 e. The third kappa shape index (κ3) is 8.02. The Balaban J connectivity index is 1.33. The molecule has 13 heteroatoms. The lowest BCUT2D eigenvalue weighted by molar-refractivity contribution is -0.274. The summed E-state index contributed by atoms with van der Waals surface area (Å²) in [4.78, 5) is 19.6. The largest absolute Gasteiger partial charge is 0.573 e. The van der Waals surface area contributed by atoms with E-state index in [1.54, 1.807) is 13.0 Å². The van der Waals surface area contributed by atoms with Crippen LogP contribution in [0.25, 0.3) is 0 Å². The fourth-order valence-electron chi connectivity index (χ4n) is 4.06. The van der Waals surface area contributed by atoms with Crippen LogP contribution in [0.3, 0.4) is 0 Å². The molecule has 204 valence electrons. The maximum atomic E-state index is 12.5. The summed E-state index contributed by atoms with van der Waals surface area (Å²) in [5, 5.41) is 14.5. The third-order valence-corrected chi connectivity index (χ3v) is 5.98. The Morgan fingerprint density at radius 2 is 1.95 bits per heavy atom. The fourth-order valence-corrected chi connectivity index (χ4v) is 4.06. The van der Waals surface area contributed by atoms with Gasteiger partial charge in [0.05, 0.1) is 18.4 Å². The molecule has 10 nitrogen and oxygen atoms in total. The number of anilines is 3. The number of nitrogens with one attached hydrogen (secondary N) is 2. The van der Waals surface area contributed by atoms with Gasteiger partial charge in [-0.2, -0.15) is 10.2 Å². The van der Waals surface area contributed by atoms with E-state index < -0.39 is 6.36 Å². The zero-order chi connectivity index (χ0) is 27.8. The number of hydrogen-bond acceptors (Lipinski definition) is 9. The highest BCUT2D eigenvalue weighted by Crippen LogP contribution is 2.28.